The lowest BCUT2D eigenvalue weighted by Gasteiger charge is -2.21. The molecule has 29 heavy (non-hydrogen) atoms. The Morgan fingerprint density at radius 2 is 1.38 bits per heavy atom. The first-order valence-corrected chi connectivity index (χ1v) is 11.3. The van der Waals surface area contributed by atoms with Crippen molar-refractivity contribution in [3.05, 3.63) is 96.6 Å². The van der Waals surface area contributed by atoms with Crippen LogP contribution in [0, 0.1) is 0 Å². The Hall–Kier alpha value is -2.89. The fraction of sp³-hybridized carbons (Fsp3) is 0.0833. The molecule has 2 heterocycles. The number of nitrogens with zero attached hydrogens (tertiary/aromatic N) is 2. The highest BCUT2D eigenvalue weighted by Gasteiger charge is 2.36. The summed E-state index contributed by atoms with van der Waals surface area (Å²) >= 11 is 3.24. The molecular formula is C24H18N2OS2. The van der Waals surface area contributed by atoms with E-state index in [2.05, 4.69) is 36.4 Å². The molecule has 1 aliphatic heterocycles. The van der Waals surface area contributed by atoms with Crippen molar-refractivity contribution in [3.8, 4) is 21.7 Å². The van der Waals surface area contributed by atoms with Crippen LogP contribution in [0.25, 0.3) is 21.7 Å². The van der Waals surface area contributed by atoms with Crippen LogP contribution in [0.5, 0.6) is 0 Å². The Kier molecular flexibility index (Phi) is 4.92. The van der Waals surface area contributed by atoms with E-state index in [-0.39, 0.29) is 11.3 Å². The molecule has 1 saturated heterocycles. The second kappa shape index (κ2) is 7.85. The topological polar surface area (TPSA) is 33.2 Å². The summed E-state index contributed by atoms with van der Waals surface area (Å²) in [5.41, 5.74) is 4.23. The highest BCUT2D eigenvalue weighted by Crippen LogP contribution is 2.47. The zero-order valence-corrected chi connectivity index (χ0v) is 17.2. The van der Waals surface area contributed by atoms with Crippen LogP contribution in [0.15, 0.2) is 91.0 Å². The SMILES string of the molecule is O=C1CSC(c2ccccc2)N1c1nc(-c2ccccc2)c(-c2ccccc2)s1. The number of aromatic nitrogens is 1. The molecule has 1 unspecified atom stereocenters. The number of rotatable bonds is 4. The molecule has 1 aliphatic rings. The summed E-state index contributed by atoms with van der Waals surface area (Å²) in [5, 5.41) is 0.716. The zero-order chi connectivity index (χ0) is 19.6. The average Bonchev–Trinajstić information content (AvgIpc) is 3.39. The summed E-state index contributed by atoms with van der Waals surface area (Å²) in [5.74, 6) is 0.581. The smallest absolute Gasteiger partial charge is 0.240 e. The Labute approximate surface area is 178 Å². The van der Waals surface area contributed by atoms with Crippen LogP contribution >= 0.6 is 23.1 Å². The van der Waals surface area contributed by atoms with Crippen molar-refractivity contribution < 1.29 is 4.79 Å². The van der Waals surface area contributed by atoms with Crippen molar-refractivity contribution in [3.63, 3.8) is 0 Å². The lowest BCUT2D eigenvalue weighted by molar-refractivity contribution is -0.115. The molecule has 0 spiro atoms. The van der Waals surface area contributed by atoms with E-state index in [0.29, 0.717) is 5.75 Å². The molecule has 3 nitrogen and oxygen atoms in total. The minimum Gasteiger partial charge on any atom is -0.273 e. The van der Waals surface area contributed by atoms with E-state index < -0.39 is 0 Å². The molecule has 3 aromatic carbocycles. The number of amides is 1. The summed E-state index contributed by atoms with van der Waals surface area (Å²) in [6, 6.07) is 30.6. The number of benzene rings is 3. The van der Waals surface area contributed by atoms with E-state index in [1.54, 1.807) is 23.1 Å². The third-order valence-corrected chi connectivity index (χ3v) is 7.17. The van der Waals surface area contributed by atoms with E-state index in [0.717, 1.165) is 32.4 Å². The van der Waals surface area contributed by atoms with Crippen LogP contribution in [0.3, 0.4) is 0 Å². The average molecular weight is 415 g/mol. The second-order valence-corrected chi connectivity index (χ2v) is 8.79. The molecule has 1 fully saturated rings. The van der Waals surface area contributed by atoms with Gasteiger partial charge in [0.1, 0.15) is 5.37 Å². The van der Waals surface area contributed by atoms with Crippen LogP contribution in [-0.4, -0.2) is 16.6 Å². The monoisotopic (exact) mass is 414 g/mol. The molecule has 0 aliphatic carbocycles. The molecular weight excluding hydrogens is 396 g/mol. The van der Waals surface area contributed by atoms with E-state index >= 15 is 0 Å². The number of thioether (sulfide) groups is 1. The van der Waals surface area contributed by atoms with Crippen molar-refractivity contribution >= 4 is 34.1 Å². The molecule has 5 heteroatoms. The summed E-state index contributed by atoms with van der Waals surface area (Å²) < 4.78 is 0. The van der Waals surface area contributed by atoms with Crippen molar-refractivity contribution in [2.24, 2.45) is 0 Å². The highest BCUT2D eigenvalue weighted by atomic mass is 32.2. The first-order valence-electron chi connectivity index (χ1n) is 9.41. The van der Waals surface area contributed by atoms with Gasteiger partial charge in [0.15, 0.2) is 5.13 Å². The summed E-state index contributed by atoms with van der Waals surface area (Å²) in [4.78, 5) is 20.8. The van der Waals surface area contributed by atoms with Gasteiger partial charge in [0.2, 0.25) is 5.91 Å². The largest absolute Gasteiger partial charge is 0.273 e. The standard InChI is InChI=1S/C24H18N2OS2/c27-20-16-28-23(19-14-8-3-9-15-19)26(20)24-25-21(17-10-4-1-5-11-17)22(29-24)18-12-6-2-7-13-18/h1-15,23H,16H2. The van der Waals surface area contributed by atoms with E-state index in [9.17, 15) is 4.79 Å². The van der Waals surface area contributed by atoms with E-state index in [1.165, 1.54) is 0 Å². The highest BCUT2D eigenvalue weighted by molar-refractivity contribution is 8.00. The van der Waals surface area contributed by atoms with Gasteiger partial charge in [-0.05, 0) is 11.1 Å². The normalized spacial score (nSPS) is 16.3. The first kappa shape index (κ1) is 18.2. The van der Waals surface area contributed by atoms with Gasteiger partial charge in [-0.1, -0.05) is 102 Å². The number of carbonyl (C=O) groups excluding carboxylic acids is 1. The minimum atomic E-state index is -0.0397. The van der Waals surface area contributed by atoms with Crippen molar-refractivity contribution in [2.45, 2.75) is 5.37 Å². The van der Waals surface area contributed by atoms with Crippen LogP contribution in [0.4, 0.5) is 5.13 Å². The third-order valence-electron chi connectivity index (χ3n) is 4.86. The van der Waals surface area contributed by atoms with Gasteiger partial charge in [-0.15, -0.1) is 11.8 Å². The quantitative estimate of drug-likeness (QED) is 0.395. The summed E-state index contributed by atoms with van der Waals surface area (Å²) in [6.45, 7) is 0. The van der Waals surface area contributed by atoms with Gasteiger partial charge in [-0.3, -0.25) is 9.69 Å². The molecule has 0 N–H and O–H groups in total. The lowest BCUT2D eigenvalue weighted by Crippen LogP contribution is -2.27. The number of hydrogen-bond acceptors (Lipinski definition) is 4. The number of anilines is 1. The predicted octanol–water partition coefficient (Wildman–Crippen LogP) is 6.26. The van der Waals surface area contributed by atoms with Crippen LogP contribution in [-0.2, 0) is 4.79 Å². The van der Waals surface area contributed by atoms with Gasteiger partial charge in [0.05, 0.1) is 16.3 Å². The number of carbonyl (C=O) groups is 1. The van der Waals surface area contributed by atoms with E-state index in [1.807, 2.05) is 59.5 Å². The van der Waals surface area contributed by atoms with Gasteiger partial charge in [0, 0.05) is 5.56 Å². The van der Waals surface area contributed by atoms with Crippen LogP contribution in [0.1, 0.15) is 10.9 Å². The van der Waals surface area contributed by atoms with Gasteiger partial charge in [-0.25, -0.2) is 4.98 Å². The zero-order valence-electron chi connectivity index (χ0n) is 15.6. The van der Waals surface area contributed by atoms with Gasteiger partial charge >= 0.3 is 0 Å². The molecule has 4 aromatic rings. The van der Waals surface area contributed by atoms with Gasteiger partial charge in [-0.2, -0.15) is 0 Å². The Bertz CT molecular complexity index is 1070. The molecule has 0 saturated carbocycles. The Morgan fingerprint density at radius 1 is 0.793 bits per heavy atom. The molecule has 1 amide bonds. The van der Waals surface area contributed by atoms with Crippen LogP contribution in [0.2, 0.25) is 0 Å². The lowest BCUT2D eigenvalue weighted by atomic mass is 10.1. The summed E-state index contributed by atoms with van der Waals surface area (Å²) in [7, 11) is 0. The third kappa shape index (κ3) is 3.48. The Balaban J connectivity index is 1.64. The Morgan fingerprint density at radius 3 is 2.03 bits per heavy atom. The predicted molar refractivity (Wildman–Crippen MR) is 122 cm³/mol. The number of thiazole rings is 1. The fourth-order valence-electron chi connectivity index (χ4n) is 3.48. The number of hydrogen-bond donors (Lipinski definition) is 0. The van der Waals surface area contributed by atoms with Crippen molar-refractivity contribution in [2.75, 3.05) is 10.7 Å². The molecule has 5 rings (SSSR count). The summed E-state index contributed by atoms with van der Waals surface area (Å²) in [6.07, 6.45) is 0. The fourth-order valence-corrected chi connectivity index (χ4v) is 5.85. The molecule has 0 radical (unpaired) electrons. The maximum absolute atomic E-state index is 12.8. The molecule has 1 aromatic heterocycles. The van der Waals surface area contributed by atoms with Gasteiger partial charge < -0.3 is 0 Å². The first-order chi connectivity index (χ1) is 14.3. The molecule has 0 bridgehead atoms. The minimum absolute atomic E-state index is 0.0397. The molecule has 1 atom stereocenters. The van der Waals surface area contributed by atoms with E-state index in [4.69, 9.17) is 4.98 Å². The maximum atomic E-state index is 12.8. The second-order valence-electron chi connectivity index (χ2n) is 6.74. The molecule has 142 valence electrons. The maximum Gasteiger partial charge on any atom is 0.240 e. The van der Waals surface area contributed by atoms with Crippen molar-refractivity contribution in [1.29, 1.82) is 0 Å². The van der Waals surface area contributed by atoms with Gasteiger partial charge in [0.25, 0.3) is 0 Å². The van der Waals surface area contributed by atoms with Crippen LogP contribution < -0.4 is 4.90 Å². The van der Waals surface area contributed by atoms with Crippen molar-refractivity contribution in [1.82, 2.24) is 4.98 Å².